The van der Waals surface area contributed by atoms with Gasteiger partial charge in [0.05, 0.1) is 5.56 Å². The van der Waals surface area contributed by atoms with E-state index in [1.807, 2.05) is 0 Å². The molecule has 6 heteroatoms. The van der Waals surface area contributed by atoms with Gasteiger partial charge in [0.2, 0.25) is 5.91 Å². The van der Waals surface area contributed by atoms with Crippen LogP contribution in [0.5, 0.6) is 0 Å². The summed E-state index contributed by atoms with van der Waals surface area (Å²) in [5, 5.41) is 0. The second-order valence-electron chi connectivity index (χ2n) is 4.37. The van der Waals surface area contributed by atoms with Gasteiger partial charge in [-0.05, 0) is 24.3 Å². The zero-order valence-corrected chi connectivity index (χ0v) is 11.0. The third-order valence-electron chi connectivity index (χ3n) is 2.80. The molecule has 0 atom stereocenters. The molecule has 2 rings (SSSR count). The van der Waals surface area contributed by atoms with E-state index < -0.39 is 17.7 Å². The molecule has 0 saturated heterocycles. The highest BCUT2D eigenvalue weighted by Gasteiger charge is 2.12. The molecule has 0 fully saturated rings. The maximum Gasteiger partial charge on any atom is 0.338 e. The lowest BCUT2D eigenvalue weighted by Crippen LogP contribution is -2.15. The maximum absolute atomic E-state index is 13.2. The number of benzene rings is 2. The van der Waals surface area contributed by atoms with Crippen molar-refractivity contribution >= 4 is 17.6 Å². The maximum atomic E-state index is 13.2. The number of ether oxygens (including phenoxy) is 1. The fraction of sp³-hybridized carbons (Fsp3) is 0.0667. The molecule has 0 aliphatic carbocycles. The molecule has 0 aliphatic heterocycles. The smallest absolute Gasteiger partial charge is 0.338 e. The summed E-state index contributed by atoms with van der Waals surface area (Å²) in [4.78, 5) is 23.1. The van der Waals surface area contributed by atoms with E-state index in [9.17, 15) is 14.0 Å². The van der Waals surface area contributed by atoms with Crippen LogP contribution < -0.4 is 11.5 Å². The predicted octanol–water partition coefficient (Wildman–Crippen LogP) is 1.86. The van der Waals surface area contributed by atoms with Gasteiger partial charge in [-0.1, -0.05) is 18.2 Å². The molecule has 2 aromatic rings. The quantitative estimate of drug-likeness (QED) is 0.663. The molecule has 21 heavy (non-hydrogen) atoms. The van der Waals surface area contributed by atoms with Crippen LogP contribution in [0.15, 0.2) is 42.5 Å². The molecule has 0 aliphatic rings. The first-order valence-corrected chi connectivity index (χ1v) is 6.08. The van der Waals surface area contributed by atoms with Crippen molar-refractivity contribution in [2.75, 3.05) is 5.73 Å². The Kier molecular flexibility index (Phi) is 4.18. The minimum absolute atomic E-state index is 0.00376. The van der Waals surface area contributed by atoms with Crippen LogP contribution in [0.4, 0.5) is 10.1 Å². The van der Waals surface area contributed by atoms with Crippen molar-refractivity contribution in [3.63, 3.8) is 0 Å². The van der Waals surface area contributed by atoms with Crippen LogP contribution in [0.2, 0.25) is 0 Å². The summed E-state index contributed by atoms with van der Waals surface area (Å²) in [6.07, 6.45) is 0. The van der Waals surface area contributed by atoms with Crippen molar-refractivity contribution in [2.24, 2.45) is 5.73 Å². The van der Waals surface area contributed by atoms with Crippen molar-refractivity contribution in [1.82, 2.24) is 0 Å². The summed E-state index contributed by atoms with van der Waals surface area (Å²) >= 11 is 0. The number of carbonyl (C=O) groups is 2. The Morgan fingerprint density at radius 1 is 1.14 bits per heavy atom. The third-order valence-corrected chi connectivity index (χ3v) is 2.80. The fourth-order valence-corrected chi connectivity index (χ4v) is 1.84. The van der Waals surface area contributed by atoms with Crippen LogP contribution in [-0.4, -0.2) is 11.9 Å². The van der Waals surface area contributed by atoms with E-state index in [1.54, 1.807) is 18.2 Å². The van der Waals surface area contributed by atoms with Crippen LogP contribution in [-0.2, 0) is 11.3 Å². The molecule has 0 radical (unpaired) electrons. The van der Waals surface area contributed by atoms with Gasteiger partial charge in [-0.25, -0.2) is 9.18 Å². The Hall–Kier alpha value is -2.89. The standard InChI is InChI=1S/C15H13FN2O3/c16-11-5-10(6-12(17)7-11)15(20)21-8-9-3-1-2-4-13(9)14(18)19/h1-7H,8,17H2,(H2,18,19). The van der Waals surface area contributed by atoms with Gasteiger partial charge in [0.15, 0.2) is 0 Å². The molecular weight excluding hydrogens is 275 g/mol. The number of hydrogen-bond acceptors (Lipinski definition) is 4. The number of nitrogens with two attached hydrogens (primary N) is 2. The monoisotopic (exact) mass is 288 g/mol. The van der Waals surface area contributed by atoms with Gasteiger partial charge in [-0.15, -0.1) is 0 Å². The second-order valence-corrected chi connectivity index (χ2v) is 4.37. The molecule has 2 aromatic carbocycles. The van der Waals surface area contributed by atoms with Gasteiger partial charge in [0.1, 0.15) is 12.4 Å². The second kappa shape index (κ2) is 6.04. The van der Waals surface area contributed by atoms with Crippen molar-refractivity contribution in [1.29, 1.82) is 0 Å². The summed E-state index contributed by atoms with van der Waals surface area (Å²) in [7, 11) is 0. The molecule has 0 unspecified atom stereocenters. The number of esters is 1. The van der Waals surface area contributed by atoms with E-state index in [0.717, 1.165) is 12.1 Å². The number of halogens is 1. The number of rotatable bonds is 4. The number of anilines is 1. The topological polar surface area (TPSA) is 95.4 Å². The molecular formula is C15H13FN2O3. The summed E-state index contributed by atoms with van der Waals surface area (Å²) in [6, 6.07) is 9.93. The molecule has 0 heterocycles. The number of amides is 1. The Morgan fingerprint density at radius 2 is 1.86 bits per heavy atom. The van der Waals surface area contributed by atoms with Gasteiger partial charge in [0, 0.05) is 16.8 Å². The van der Waals surface area contributed by atoms with E-state index in [2.05, 4.69) is 0 Å². The lowest BCUT2D eigenvalue weighted by molar-refractivity contribution is 0.0470. The molecule has 0 spiro atoms. The van der Waals surface area contributed by atoms with Gasteiger partial charge < -0.3 is 16.2 Å². The Morgan fingerprint density at radius 3 is 2.52 bits per heavy atom. The molecule has 108 valence electrons. The Labute approximate surface area is 120 Å². The molecule has 0 aromatic heterocycles. The minimum Gasteiger partial charge on any atom is -0.457 e. The molecule has 0 bridgehead atoms. The fourth-order valence-electron chi connectivity index (χ4n) is 1.84. The lowest BCUT2D eigenvalue weighted by Gasteiger charge is -2.08. The highest BCUT2D eigenvalue weighted by atomic mass is 19.1. The first-order chi connectivity index (χ1) is 9.97. The third kappa shape index (κ3) is 3.56. The van der Waals surface area contributed by atoms with Gasteiger partial charge in [-0.3, -0.25) is 4.79 Å². The lowest BCUT2D eigenvalue weighted by atomic mass is 10.1. The normalized spacial score (nSPS) is 10.1. The van der Waals surface area contributed by atoms with Crippen molar-refractivity contribution in [3.05, 3.63) is 65.0 Å². The largest absolute Gasteiger partial charge is 0.457 e. The van der Waals surface area contributed by atoms with E-state index in [-0.39, 0.29) is 23.4 Å². The van der Waals surface area contributed by atoms with Gasteiger partial charge in [0.25, 0.3) is 0 Å². The zero-order valence-electron chi connectivity index (χ0n) is 11.0. The zero-order chi connectivity index (χ0) is 15.4. The van der Waals surface area contributed by atoms with E-state index in [1.165, 1.54) is 12.1 Å². The van der Waals surface area contributed by atoms with E-state index in [0.29, 0.717) is 5.56 Å². The van der Waals surface area contributed by atoms with Crippen molar-refractivity contribution in [2.45, 2.75) is 6.61 Å². The number of hydrogen-bond donors (Lipinski definition) is 2. The van der Waals surface area contributed by atoms with E-state index in [4.69, 9.17) is 16.2 Å². The SMILES string of the molecule is NC(=O)c1ccccc1COC(=O)c1cc(N)cc(F)c1. The van der Waals surface area contributed by atoms with Crippen LogP contribution in [0.25, 0.3) is 0 Å². The van der Waals surface area contributed by atoms with Crippen LogP contribution >= 0.6 is 0 Å². The predicted molar refractivity (Wildman–Crippen MR) is 74.9 cm³/mol. The summed E-state index contributed by atoms with van der Waals surface area (Å²) in [5.41, 5.74) is 11.6. The number of carbonyl (C=O) groups excluding carboxylic acids is 2. The van der Waals surface area contributed by atoms with Crippen LogP contribution in [0.3, 0.4) is 0 Å². The summed E-state index contributed by atoms with van der Waals surface area (Å²) < 4.78 is 18.2. The number of primary amides is 1. The summed E-state index contributed by atoms with van der Waals surface area (Å²) in [5.74, 6) is -1.98. The van der Waals surface area contributed by atoms with Crippen molar-refractivity contribution < 1.29 is 18.7 Å². The average Bonchev–Trinajstić information content (AvgIpc) is 2.43. The highest BCUT2D eigenvalue weighted by Crippen LogP contribution is 2.14. The van der Waals surface area contributed by atoms with E-state index >= 15 is 0 Å². The average molecular weight is 288 g/mol. The summed E-state index contributed by atoms with van der Waals surface area (Å²) in [6.45, 7) is -0.144. The minimum atomic E-state index is -0.736. The first kappa shape index (κ1) is 14.5. The molecule has 5 nitrogen and oxygen atoms in total. The van der Waals surface area contributed by atoms with Gasteiger partial charge >= 0.3 is 5.97 Å². The highest BCUT2D eigenvalue weighted by molar-refractivity contribution is 5.94. The van der Waals surface area contributed by atoms with Crippen LogP contribution in [0.1, 0.15) is 26.3 Å². The van der Waals surface area contributed by atoms with Gasteiger partial charge in [-0.2, -0.15) is 0 Å². The molecule has 1 amide bonds. The van der Waals surface area contributed by atoms with Crippen molar-refractivity contribution in [3.8, 4) is 0 Å². The Balaban J connectivity index is 2.13. The Bertz CT molecular complexity index is 681. The molecule has 0 saturated carbocycles. The van der Waals surface area contributed by atoms with Crippen LogP contribution in [0, 0.1) is 5.82 Å². The molecule has 4 N–H and O–H groups in total. The number of nitrogen functional groups attached to an aromatic ring is 1. The first-order valence-electron chi connectivity index (χ1n) is 6.08.